The highest BCUT2D eigenvalue weighted by Gasteiger charge is 2.30. The molecule has 20 heavy (non-hydrogen) atoms. The summed E-state index contributed by atoms with van der Waals surface area (Å²) in [5, 5.41) is 0. The molecule has 0 aliphatic heterocycles. The number of rotatable bonds is 3. The summed E-state index contributed by atoms with van der Waals surface area (Å²) in [6, 6.07) is 9.43. The van der Waals surface area contributed by atoms with Crippen LogP contribution in [0.1, 0.15) is 22.3 Å². The van der Waals surface area contributed by atoms with Crippen molar-refractivity contribution < 1.29 is 17.6 Å². The second-order valence-corrected chi connectivity index (χ2v) is 4.42. The van der Waals surface area contributed by atoms with Gasteiger partial charge in [0.25, 0.3) is 0 Å². The molecule has 0 amide bonds. The molecular formula is C16H12F4. The number of hydrogen-bond donors (Lipinski definition) is 0. The molecule has 0 N–H and O–H groups in total. The molecule has 0 aliphatic carbocycles. The predicted octanol–water partition coefficient (Wildman–Crippen LogP) is 5.08. The second-order valence-electron chi connectivity index (χ2n) is 4.42. The fourth-order valence-electron chi connectivity index (χ4n) is 1.94. The Balaban J connectivity index is 2.32. The molecule has 0 fully saturated rings. The SMILES string of the molecule is C=Cc1cc(C(F)(F)F)ccc1Cc1ccc(F)cc1. The van der Waals surface area contributed by atoms with E-state index in [-0.39, 0.29) is 5.82 Å². The largest absolute Gasteiger partial charge is 0.416 e. The van der Waals surface area contributed by atoms with Gasteiger partial charge in [-0.1, -0.05) is 30.9 Å². The summed E-state index contributed by atoms with van der Waals surface area (Å²) >= 11 is 0. The number of hydrogen-bond acceptors (Lipinski definition) is 0. The topological polar surface area (TPSA) is 0 Å². The number of benzene rings is 2. The standard InChI is InChI=1S/C16H12F4/c1-2-12-10-14(16(18,19)20)6-5-13(12)9-11-3-7-15(17)8-4-11/h2-8,10H,1,9H2. The van der Waals surface area contributed by atoms with Crippen molar-refractivity contribution in [1.29, 1.82) is 0 Å². The lowest BCUT2D eigenvalue weighted by molar-refractivity contribution is -0.137. The summed E-state index contributed by atoms with van der Waals surface area (Å²) < 4.78 is 50.7. The van der Waals surface area contributed by atoms with Gasteiger partial charge in [-0.2, -0.15) is 13.2 Å². The zero-order chi connectivity index (χ0) is 14.8. The van der Waals surface area contributed by atoms with E-state index in [0.29, 0.717) is 12.0 Å². The molecule has 2 rings (SSSR count). The van der Waals surface area contributed by atoms with Gasteiger partial charge in [0, 0.05) is 0 Å². The van der Waals surface area contributed by atoms with Gasteiger partial charge in [0.15, 0.2) is 0 Å². The Hall–Kier alpha value is -2.10. The molecule has 2 aromatic carbocycles. The molecule has 2 aromatic rings. The van der Waals surface area contributed by atoms with E-state index in [0.717, 1.165) is 23.3 Å². The molecule has 0 nitrogen and oxygen atoms in total. The van der Waals surface area contributed by atoms with E-state index >= 15 is 0 Å². The van der Waals surface area contributed by atoms with Crippen LogP contribution in [-0.2, 0) is 12.6 Å². The highest BCUT2D eigenvalue weighted by atomic mass is 19.4. The maximum absolute atomic E-state index is 12.8. The van der Waals surface area contributed by atoms with E-state index < -0.39 is 11.7 Å². The lowest BCUT2D eigenvalue weighted by Crippen LogP contribution is -2.06. The lowest BCUT2D eigenvalue weighted by Gasteiger charge is -2.11. The molecule has 104 valence electrons. The third-order valence-electron chi connectivity index (χ3n) is 3.00. The molecule has 0 radical (unpaired) electrons. The maximum Gasteiger partial charge on any atom is 0.416 e. The minimum atomic E-state index is -4.37. The van der Waals surface area contributed by atoms with Crippen LogP contribution in [0.3, 0.4) is 0 Å². The Labute approximate surface area is 114 Å². The quantitative estimate of drug-likeness (QED) is 0.688. The molecular weight excluding hydrogens is 268 g/mol. The molecule has 0 saturated heterocycles. The van der Waals surface area contributed by atoms with Gasteiger partial charge in [0.2, 0.25) is 0 Å². The van der Waals surface area contributed by atoms with E-state index in [2.05, 4.69) is 6.58 Å². The number of halogens is 4. The number of alkyl halides is 3. The van der Waals surface area contributed by atoms with Gasteiger partial charge in [-0.15, -0.1) is 0 Å². The second kappa shape index (κ2) is 5.49. The molecule has 0 unspecified atom stereocenters. The third-order valence-corrected chi connectivity index (χ3v) is 3.00. The molecule has 4 heteroatoms. The van der Waals surface area contributed by atoms with Gasteiger partial charge in [-0.3, -0.25) is 0 Å². The maximum atomic E-state index is 12.8. The highest BCUT2D eigenvalue weighted by molar-refractivity contribution is 5.54. The Morgan fingerprint density at radius 2 is 1.65 bits per heavy atom. The molecule has 0 atom stereocenters. The Morgan fingerprint density at radius 3 is 2.20 bits per heavy atom. The van der Waals surface area contributed by atoms with Crippen molar-refractivity contribution in [3.05, 3.63) is 77.1 Å². The highest BCUT2D eigenvalue weighted by Crippen LogP contribution is 2.31. The fourth-order valence-corrected chi connectivity index (χ4v) is 1.94. The zero-order valence-electron chi connectivity index (χ0n) is 10.5. The van der Waals surface area contributed by atoms with Gasteiger partial charge in [-0.05, 0) is 47.4 Å². The van der Waals surface area contributed by atoms with E-state index in [9.17, 15) is 17.6 Å². The van der Waals surface area contributed by atoms with Crippen molar-refractivity contribution in [2.24, 2.45) is 0 Å². The summed E-state index contributed by atoms with van der Waals surface area (Å²) in [4.78, 5) is 0. The minimum absolute atomic E-state index is 0.342. The monoisotopic (exact) mass is 280 g/mol. The van der Waals surface area contributed by atoms with Gasteiger partial charge < -0.3 is 0 Å². The minimum Gasteiger partial charge on any atom is -0.207 e. The van der Waals surface area contributed by atoms with Crippen molar-refractivity contribution in [2.75, 3.05) is 0 Å². The summed E-state index contributed by atoms with van der Waals surface area (Å²) in [6.45, 7) is 3.54. The predicted molar refractivity (Wildman–Crippen MR) is 70.7 cm³/mol. The van der Waals surface area contributed by atoms with Crippen LogP contribution in [0.15, 0.2) is 49.0 Å². The van der Waals surface area contributed by atoms with Gasteiger partial charge in [0.1, 0.15) is 5.82 Å². The molecule has 0 aliphatic rings. The summed E-state index contributed by atoms with van der Waals surface area (Å²) in [5.41, 5.74) is 1.29. The van der Waals surface area contributed by atoms with Gasteiger partial charge in [0.05, 0.1) is 5.56 Å². The zero-order valence-corrected chi connectivity index (χ0v) is 10.5. The van der Waals surface area contributed by atoms with Crippen LogP contribution in [0, 0.1) is 5.82 Å². The first kappa shape index (κ1) is 14.3. The first-order chi connectivity index (χ1) is 9.40. The molecule has 0 saturated carbocycles. The van der Waals surface area contributed by atoms with Gasteiger partial charge in [-0.25, -0.2) is 4.39 Å². The third kappa shape index (κ3) is 3.26. The van der Waals surface area contributed by atoms with Gasteiger partial charge >= 0.3 is 6.18 Å². The van der Waals surface area contributed by atoms with Crippen LogP contribution in [0.4, 0.5) is 17.6 Å². The van der Waals surface area contributed by atoms with Crippen molar-refractivity contribution in [1.82, 2.24) is 0 Å². The van der Waals surface area contributed by atoms with Crippen LogP contribution in [0.2, 0.25) is 0 Å². The van der Waals surface area contributed by atoms with Crippen LogP contribution in [0.25, 0.3) is 6.08 Å². The normalized spacial score (nSPS) is 11.4. The van der Waals surface area contributed by atoms with Crippen molar-refractivity contribution >= 4 is 6.08 Å². The molecule has 0 aromatic heterocycles. The van der Waals surface area contributed by atoms with E-state index in [1.54, 1.807) is 12.1 Å². The van der Waals surface area contributed by atoms with Crippen molar-refractivity contribution in [2.45, 2.75) is 12.6 Å². The summed E-state index contributed by atoms with van der Waals surface area (Å²) in [7, 11) is 0. The Bertz CT molecular complexity index is 609. The lowest BCUT2D eigenvalue weighted by atomic mass is 9.97. The average molecular weight is 280 g/mol. The van der Waals surface area contributed by atoms with Crippen LogP contribution >= 0.6 is 0 Å². The van der Waals surface area contributed by atoms with Crippen LogP contribution in [-0.4, -0.2) is 0 Å². The average Bonchev–Trinajstić information content (AvgIpc) is 2.40. The van der Waals surface area contributed by atoms with E-state index in [4.69, 9.17) is 0 Å². The van der Waals surface area contributed by atoms with Crippen LogP contribution < -0.4 is 0 Å². The van der Waals surface area contributed by atoms with Crippen LogP contribution in [0.5, 0.6) is 0 Å². The Kier molecular flexibility index (Phi) is 3.93. The smallest absolute Gasteiger partial charge is 0.207 e. The first-order valence-corrected chi connectivity index (χ1v) is 5.97. The molecule has 0 heterocycles. The first-order valence-electron chi connectivity index (χ1n) is 5.97. The van der Waals surface area contributed by atoms with Crippen molar-refractivity contribution in [3.8, 4) is 0 Å². The summed E-state index contributed by atoms with van der Waals surface area (Å²) in [5.74, 6) is -0.342. The fraction of sp³-hybridized carbons (Fsp3) is 0.125. The Morgan fingerprint density at radius 1 is 1.00 bits per heavy atom. The van der Waals surface area contributed by atoms with E-state index in [1.165, 1.54) is 24.3 Å². The van der Waals surface area contributed by atoms with E-state index in [1.807, 2.05) is 0 Å². The molecule has 0 spiro atoms. The van der Waals surface area contributed by atoms with Crippen molar-refractivity contribution in [3.63, 3.8) is 0 Å². The summed E-state index contributed by atoms with van der Waals surface area (Å²) in [6.07, 6.45) is -2.54. The molecule has 0 bridgehead atoms.